The number of hydrogen-bond acceptors (Lipinski definition) is 1. The monoisotopic (exact) mass is 203 g/mol. The second-order valence-corrected chi connectivity index (χ2v) is 3.65. The summed E-state index contributed by atoms with van der Waals surface area (Å²) in [6.07, 6.45) is 0.749. The molecule has 1 nitrogen and oxygen atoms in total. The summed E-state index contributed by atoms with van der Waals surface area (Å²) >= 11 is 5.41. The molecule has 0 amide bonds. The summed E-state index contributed by atoms with van der Waals surface area (Å²) in [5, 5.41) is -0.434. The molecule has 0 spiro atoms. The number of halogens is 3. The smallest absolute Gasteiger partial charge is 0.148 e. The van der Waals surface area contributed by atoms with Gasteiger partial charge in [-0.1, -0.05) is 17.7 Å². The van der Waals surface area contributed by atoms with E-state index in [1.54, 1.807) is 0 Å². The molecule has 0 radical (unpaired) electrons. The second kappa shape index (κ2) is 2.93. The quantitative estimate of drug-likeness (QED) is 0.697. The van der Waals surface area contributed by atoms with E-state index >= 15 is 0 Å². The normalized spacial score (nSPS) is 26.2. The van der Waals surface area contributed by atoms with Gasteiger partial charge in [-0.2, -0.15) is 0 Å². The first-order valence-corrected chi connectivity index (χ1v) is 4.38. The highest BCUT2D eigenvalue weighted by atomic mass is 35.5. The third kappa shape index (κ3) is 1.42. The molecule has 2 atom stereocenters. The van der Waals surface area contributed by atoms with Crippen molar-refractivity contribution in [1.29, 1.82) is 0 Å². The Morgan fingerprint density at radius 2 is 2.00 bits per heavy atom. The van der Waals surface area contributed by atoms with Crippen LogP contribution in [0, 0.1) is 11.6 Å². The van der Waals surface area contributed by atoms with Crippen LogP contribution in [0.1, 0.15) is 17.9 Å². The lowest BCUT2D eigenvalue weighted by atomic mass is 10.1. The van der Waals surface area contributed by atoms with Gasteiger partial charge >= 0.3 is 0 Å². The summed E-state index contributed by atoms with van der Waals surface area (Å²) in [5.74, 6) is -1.38. The minimum Gasteiger partial charge on any atom is -0.327 e. The number of benzene rings is 1. The van der Waals surface area contributed by atoms with Gasteiger partial charge in [-0.25, -0.2) is 8.78 Å². The van der Waals surface area contributed by atoms with Crippen LogP contribution in [0.2, 0.25) is 5.02 Å². The van der Waals surface area contributed by atoms with Gasteiger partial charge in [-0.15, -0.1) is 0 Å². The van der Waals surface area contributed by atoms with Gasteiger partial charge < -0.3 is 5.73 Å². The third-order valence-electron chi connectivity index (χ3n) is 2.30. The lowest BCUT2D eigenvalue weighted by Gasteiger charge is -2.03. The molecule has 2 unspecified atom stereocenters. The molecule has 4 heteroatoms. The first kappa shape index (κ1) is 8.91. The zero-order chi connectivity index (χ0) is 9.59. The fourth-order valence-electron chi connectivity index (χ4n) is 1.40. The van der Waals surface area contributed by atoms with Gasteiger partial charge in [0.2, 0.25) is 0 Å². The molecular weight excluding hydrogens is 196 g/mol. The molecule has 0 saturated heterocycles. The van der Waals surface area contributed by atoms with Gasteiger partial charge in [0.25, 0.3) is 0 Å². The molecule has 1 aromatic carbocycles. The Labute approximate surface area is 79.5 Å². The van der Waals surface area contributed by atoms with Crippen molar-refractivity contribution in [3.05, 3.63) is 34.4 Å². The van der Waals surface area contributed by atoms with E-state index in [1.807, 2.05) is 0 Å². The molecule has 1 aromatic rings. The fraction of sp³-hybridized carbons (Fsp3) is 0.333. The summed E-state index contributed by atoms with van der Waals surface area (Å²) in [6.45, 7) is 0. The van der Waals surface area contributed by atoms with Crippen molar-refractivity contribution in [2.75, 3.05) is 0 Å². The van der Waals surface area contributed by atoms with E-state index < -0.39 is 16.7 Å². The molecule has 1 saturated carbocycles. The van der Waals surface area contributed by atoms with Gasteiger partial charge in [0, 0.05) is 12.0 Å². The highest BCUT2D eigenvalue weighted by Gasteiger charge is 2.37. The maximum absolute atomic E-state index is 13.3. The molecule has 2 rings (SSSR count). The Kier molecular flexibility index (Phi) is 2.00. The van der Waals surface area contributed by atoms with Crippen LogP contribution in [0.15, 0.2) is 12.1 Å². The molecule has 0 aliphatic heterocycles. The third-order valence-corrected chi connectivity index (χ3v) is 2.65. The first-order chi connectivity index (χ1) is 6.11. The minimum atomic E-state index is -0.725. The van der Waals surface area contributed by atoms with Crippen LogP contribution < -0.4 is 5.73 Å². The SMILES string of the molecule is NC1CC1c1ccc(F)c(Cl)c1F. The molecule has 0 aromatic heterocycles. The maximum atomic E-state index is 13.3. The zero-order valence-corrected chi connectivity index (χ0v) is 7.48. The Bertz CT molecular complexity index is 354. The highest BCUT2D eigenvalue weighted by molar-refractivity contribution is 6.30. The maximum Gasteiger partial charge on any atom is 0.148 e. The molecule has 1 aliphatic rings. The van der Waals surface area contributed by atoms with E-state index in [9.17, 15) is 8.78 Å². The number of hydrogen-bond donors (Lipinski definition) is 1. The summed E-state index contributed by atoms with van der Waals surface area (Å²) in [4.78, 5) is 0. The number of rotatable bonds is 1. The predicted octanol–water partition coefficient (Wildman–Crippen LogP) is 2.43. The van der Waals surface area contributed by atoms with Crippen molar-refractivity contribution >= 4 is 11.6 Å². The van der Waals surface area contributed by atoms with Gasteiger partial charge in [0.05, 0.1) is 0 Å². The predicted molar refractivity (Wildman–Crippen MR) is 46.7 cm³/mol. The van der Waals surface area contributed by atoms with Crippen molar-refractivity contribution < 1.29 is 8.78 Å². The fourth-order valence-corrected chi connectivity index (χ4v) is 1.57. The molecule has 1 fully saturated rings. The van der Waals surface area contributed by atoms with Gasteiger partial charge in [0.15, 0.2) is 0 Å². The second-order valence-electron chi connectivity index (χ2n) is 3.27. The van der Waals surface area contributed by atoms with Gasteiger partial charge in [-0.05, 0) is 18.1 Å². The Hall–Kier alpha value is -0.670. The van der Waals surface area contributed by atoms with E-state index in [0.717, 1.165) is 6.42 Å². The molecule has 0 heterocycles. The summed E-state index contributed by atoms with van der Waals surface area (Å²) < 4.78 is 26.0. The Morgan fingerprint density at radius 1 is 1.38 bits per heavy atom. The highest BCUT2D eigenvalue weighted by Crippen LogP contribution is 2.41. The molecule has 13 heavy (non-hydrogen) atoms. The van der Waals surface area contributed by atoms with Crippen molar-refractivity contribution in [3.63, 3.8) is 0 Å². The van der Waals surface area contributed by atoms with E-state index in [0.29, 0.717) is 5.56 Å². The van der Waals surface area contributed by atoms with Crippen molar-refractivity contribution in [2.45, 2.75) is 18.4 Å². The van der Waals surface area contributed by atoms with Crippen LogP contribution in [-0.2, 0) is 0 Å². The van der Waals surface area contributed by atoms with Crippen LogP contribution in [0.4, 0.5) is 8.78 Å². The summed E-state index contributed by atoms with van der Waals surface area (Å²) in [6, 6.07) is 2.58. The van der Waals surface area contributed by atoms with Crippen molar-refractivity contribution in [2.24, 2.45) is 5.73 Å². The Morgan fingerprint density at radius 3 is 2.54 bits per heavy atom. The first-order valence-electron chi connectivity index (χ1n) is 4.00. The molecule has 0 bridgehead atoms. The lowest BCUT2D eigenvalue weighted by Crippen LogP contribution is -2.02. The molecule has 2 N–H and O–H groups in total. The average Bonchev–Trinajstić information content (AvgIpc) is 2.79. The van der Waals surface area contributed by atoms with Crippen LogP contribution in [-0.4, -0.2) is 6.04 Å². The topological polar surface area (TPSA) is 26.0 Å². The Balaban J connectivity index is 2.43. The van der Waals surface area contributed by atoms with E-state index in [1.165, 1.54) is 12.1 Å². The van der Waals surface area contributed by atoms with Crippen LogP contribution in [0.5, 0.6) is 0 Å². The van der Waals surface area contributed by atoms with Gasteiger partial charge in [0.1, 0.15) is 16.7 Å². The van der Waals surface area contributed by atoms with Crippen LogP contribution in [0.3, 0.4) is 0 Å². The minimum absolute atomic E-state index is 0.00368. The van der Waals surface area contributed by atoms with Crippen molar-refractivity contribution in [1.82, 2.24) is 0 Å². The van der Waals surface area contributed by atoms with E-state index in [-0.39, 0.29) is 12.0 Å². The van der Waals surface area contributed by atoms with Crippen LogP contribution in [0.25, 0.3) is 0 Å². The lowest BCUT2D eigenvalue weighted by molar-refractivity contribution is 0.572. The summed E-state index contributed by atoms with van der Waals surface area (Å²) in [7, 11) is 0. The molecule has 70 valence electrons. The molecule has 1 aliphatic carbocycles. The summed E-state index contributed by atoms with van der Waals surface area (Å²) in [5.41, 5.74) is 5.98. The van der Waals surface area contributed by atoms with Crippen LogP contribution >= 0.6 is 11.6 Å². The van der Waals surface area contributed by atoms with E-state index in [2.05, 4.69) is 0 Å². The largest absolute Gasteiger partial charge is 0.327 e. The zero-order valence-electron chi connectivity index (χ0n) is 6.73. The average molecular weight is 204 g/mol. The molecular formula is C9H8ClF2N. The van der Waals surface area contributed by atoms with Crippen molar-refractivity contribution in [3.8, 4) is 0 Å². The van der Waals surface area contributed by atoms with Gasteiger partial charge in [-0.3, -0.25) is 0 Å². The number of nitrogens with two attached hydrogens (primary N) is 1. The van der Waals surface area contributed by atoms with E-state index in [4.69, 9.17) is 17.3 Å². The standard InChI is InChI=1S/C9H8ClF2N/c10-8-6(11)2-1-4(9(8)12)5-3-7(5)13/h1-2,5,7H,3,13H2.